The molecular weight excluding hydrogens is 400 g/mol. The molecule has 2 bridgehead atoms. The van der Waals surface area contributed by atoms with Gasteiger partial charge in [0.2, 0.25) is 0 Å². The molecule has 2 aromatic rings. The van der Waals surface area contributed by atoms with E-state index < -0.39 is 0 Å². The van der Waals surface area contributed by atoms with E-state index in [1.807, 2.05) is 24.3 Å². The third kappa shape index (κ3) is 3.19. The van der Waals surface area contributed by atoms with Crippen LogP contribution in [-0.4, -0.2) is 64.7 Å². The molecule has 3 fully saturated rings. The van der Waals surface area contributed by atoms with Crippen molar-refractivity contribution >= 4 is 5.91 Å². The van der Waals surface area contributed by atoms with Gasteiger partial charge in [0, 0.05) is 24.7 Å². The zero-order chi connectivity index (χ0) is 21.7. The number of aromatic nitrogens is 2. The number of ether oxygens (including phenoxy) is 1. The van der Waals surface area contributed by atoms with Crippen LogP contribution in [0.1, 0.15) is 48.9 Å². The van der Waals surface area contributed by atoms with E-state index in [9.17, 15) is 4.79 Å². The second-order valence-electron chi connectivity index (χ2n) is 9.87. The second-order valence-corrected chi connectivity index (χ2v) is 9.87. The maximum absolute atomic E-state index is 13.9. The molecule has 0 radical (unpaired) electrons. The normalized spacial score (nSPS) is 29.7. The van der Waals surface area contributed by atoms with Gasteiger partial charge < -0.3 is 9.64 Å². The Morgan fingerprint density at radius 3 is 3.00 bits per heavy atom. The van der Waals surface area contributed by atoms with Crippen LogP contribution in [0.3, 0.4) is 0 Å². The summed E-state index contributed by atoms with van der Waals surface area (Å²) in [6.45, 7) is 3.18. The van der Waals surface area contributed by atoms with Crippen LogP contribution >= 0.6 is 0 Å². The molecule has 6 heteroatoms. The topological polar surface area (TPSA) is 61.5 Å². The number of likely N-dealkylation sites (tertiary alicyclic amines) is 1. The largest absolute Gasteiger partial charge is 0.496 e. The highest BCUT2D eigenvalue weighted by atomic mass is 16.5. The van der Waals surface area contributed by atoms with Crippen molar-refractivity contribution in [2.45, 2.75) is 50.6 Å². The number of nitrogens with one attached hydrogen (secondary N) is 1. The van der Waals surface area contributed by atoms with Crippen molar-refractivity contribution in [3.63, 3.8) is 0 Å². The lowest BCUT2D eigenvalue weighted by molar-refractivity contribution is 0.00150. The fourth-order valence-corrected chi connectivity index (χ4v) is 6.86. The highest BCUT2D eigenvalue weighted by Crippen LogP contribution is 2.45. The summed E-state index contributed by atoms with van der Waals surface area (Å²) in [5, 5.41) is 7.33. The number of carbonyl (C=O) groups is 1. The average molecular weight is 433 g/mol. The fourth-order valence-electron chi connectivity index (χ4n) is 6.86. The van der Waals surface area contributed by atoms with Crippen molar-refractivity contribution in [3.8, 4) is 17.0 Å². The molecule has 1 aromatic carbocycles. The van der Waals surface area contributed by atoms with E-state index in [2.05, 4.69) is 26.1 Å². The lowest BCUT2D eigenvalue weighted by Gasteiger charge is -2.54. The zero-order valence-electron chi connectivity index (χ0n) is 18.8. The van der Waals surface area contributed by atoms with E-state index in [-0.39, 0.29) is 11.9 Å². The molecule has 1 aliphatic carbocycles. The third-order valence-corrected chi connectivity index (χ3v) is 8.16. The summed E-state index contributed by atoms with van der Waals surface area (Å²) in [5.41, 5.74) is 3.78. The molecule has 1 N–H and O–H groups in total. The van der Waals surface area contributed by atoms with Crippen LogP contribution in [0, 0.1) is 11.8 Å². The molecule has 1 aromatic heterocycles. The van der Waals surface area contributed by atoms with Crippen LogP contribution in [0.25, 0.3) is 11.3 Å². The number of fused-ring (bicyclic) bond motifs is 6. The number of carbonyl (C=O) groups excluding carboxylic acids is 1. The lowest BCUT2D eigenvalue weighted by atomic mass is 9.68. The van der Waals surface area contributed by atoms with Gasteiger partial charge in [-0.25, -0.2) is 0 Å². The minimum absolute atomic E-state index is 0.0921. The number of methoxy groups -OCH3 is 1. The Hall–Kier alpha value is -2.60. The quantitative estimate of drug-likeness (QED) is 0.741. The number of aromatic amines is 1. The smallest absolute Gasteiger partial charge is 0.258 e. The maximum atomic E-state index is 13.9. The SMILES string of the molecule is COc1ccccc1-c1[nH]ncc1C(=O)N1CCCC2=C[C@H]3C[C@H](CN4CCCC[C@H]34)[C@H]21. The summed E-state index contributed by atoms with van der Waals surface area (Å²) in [5.74, 6) is 2.05. The molecule has 6 nitrogen and oxygen atoms in total. The fraction of sp³-hybridized carbons (Fsp3) is 0.538. The molecule has 4 atom stereocenters. The lowest BCUT2D eigenvalue weighted by Crippen LogP contribution is -2.60. The summed E-state index contributed by atoms with van der Waals surface area (Å²) < 4.78 is 5.55. The Kier molecular flexibility index (Phi) is 5.05. The van der Waals surface area contributed by atoms with Crippen molar-refractivity contribution in [3.05, 3.63) is 47.7 Å². The summed E-state index contributed by atoms with van der Waals surface area (Å²) in [4.78, 5) is 18.8. The van der Waals surface area contributed by atoms with Crippen LogP contribution in [0.4, 0.5) is 0 Å². The molecular formula is C26H32N4O2. The highest BCUT2D eigenvalue weighted by molar-refractivity contribution is 6.00. The van der Waals surface area contributed by atoms with Crippen LogP contribution in [-0.2, 0) is 0 Å². The molecule has 4 aliphatic rings. The molecule has 6 rings (SSSR count). The van der Waals surface area contributed by atoms with Gasteiger partial charge in [-0.3, -0.25) is 14.8 Å². The molecule has 3 aliphatic heterocycles. The van der Waals surface area contributed by atoms with Gasteiger partial charge in [-0.15, -0.1) is 0 Å². The summed E-state index contributed by atoms with van der Waals surface area (Å²) >= 11 is 0. The summed E-state index contributed by atoms with van der Waals surface area (Å²) in [7, 11) is 1.66. The number of hydrogen-bond acceptors (Lipinski definition) is 4. The van der Waals surface area contributed by atoms with E-state index >= 15 is 0 Å². The first kappa shape index (κ1) is 20.0. The molecule has 1 amide bonds. The van der Waals surface area contributed by atoms with E-state index in [4.69, 9.17) is 4.74 Å². The maximum Gasteiger partial charge on any atom is 0.258 e. The van der Waals surface area contributed by atoms with Crippen molar-refractivity contribution in [1.82, 2.24) is 20.0 Å². The van der Waals surface area contributed by atoms with Gasteiger partial charge in [0.25, 0.3) is 5.91 Å². The first-order valence-corrected chi connectivity index (χ1v) is 12.2. The standard InChI is InChI=1S/C26H32N4O2/c1-32-23-10-3-2-8-20(23)24-21(15-27-28-24)26(31)30-12-6-7-17-13-18-14-19(25(17)30)16-29-11-5-4-9-22(18)29/h2-3,8,10,13,15,18-19,22,25H,4-7,9,11-12,14,16H2,1H3,(H,27,28)/t18-,19+,22+,25-/m0/s1. The zero-order valence-corrected chi connectivity index (χ0v) is 18.8. The monoisotopic (exact) mass is 432 g/mol. The first-order valence-electron chi connectivity index (χ1n) is 12.2. The summed E-state index contributed by atoms with van der Waals surface area (Å²) in [6, 6.07) is 8.77. The van der Waals surface area contributed by atoms with Gasteiger partial charge in [0.1, 0.15) is 5.75 Å². The van der Waals surface area contributed by atoms with Crippen molar-refractivity contribution in [2.75, 3.05) is 26.7 Å². The van der Waals surface area contributed by atoms with Crippen molar-refractivity contribution < 1.29 is 9.53 Å². The number of nitrogens with zero attached hydrogens (tertiary/aromatic N) is 3. The molecule has 0 unspecified atom stereocenters. The van der Waals surface area contributed by atoms with Crippen LogP contribution in [0.5, 0.6) is 5.75 Å². The average Bonchev–Trinajstić information content (AvgIpc) is 3.33. The van der Waals surface area contributed by atoms with Crippen LogP contribution in [0.2, 0.25) is 0 Å². The third-order valence-electron chi connectivity index (χ3n) is 8.16. The Balaban J connectivity index is 1.34. The number of benzene rings is 1. The molecule has 0 spiro atoms. The van der Waals surface area contributed by atoms with Crippen molar-refractivity contribution in [1.29, 1.82) is 0 Å². The van der Waals surface area contributed by atoms with Crippen molar-refractivity contribution in [2.24, 2.45) is 11.8 Å². The number of para-hydroxylation sites is 1. The Bertz CT molecular complexity index is 1040. The van der Waals surface area contributed by atoms with E-state index in [1.54, 1.807) is 13.3 Å². The van der Waals surface area contributed by atoms with Gasteiger partial charge in [-0.05, 0) is 62.6 Å². The minimum Gasteiger partial charge on any atom is -0.496 e. The van der Waals surface area contributed by atoms with E-state index in [0.29, 0.717) is 17.4 Å². The van der Waals surface area contributed by atoms with Gasteiger partial charge >= 0.3 is 0 Å². The molecule has 32 heavy (non-hydrogen) atoms. The Morgan fingerprint density at radius 2 is 2.09 bits per heavy atom. The van der Waals surface area contributed by atoms with Gasteiger partial charge in [-0.1, -0.05) is 30.2 Å². The predicted molar refractivity (Wildman–Crippen MR) is 124 cm³/mol. The Morgan fingerprint density at radius 1 is 1.19 bits per heavy atom. The second kappa shape index (κ2) is 8.07. The number of rotatable bonds is 3. The molecule has 4 heterocycles. The predicted octanol–water partition coefficient (Wildman–Crippen LogP) is 4.12. The highest BCUT2D eigenvalue weighted by Gasteiger charge is 2.47. The number of H-pyrrole nitrogens is 1. The van der Waals surface area contributed by atoms with Gasteiger partial charge in [0.05, 0.1) is 30.6 Å². The first-order chi connectivity index (χ1) is 15.7. The number of piperidine rings is 3. The minimum atomic E-state index is 0.0921. The number of amides is 1. The molecule has 0 saturated carbocycles. The Labute approximate surface area is 189 Å². The number of hydrogen-bond donors (Lipinski definition) is 1. The molecule has 3 saturated heterocycles. The van der Waals surface area contributed by atoms with Crippen LogP contribution < -0.4 is 4.74 Å². The van der Waals surface area contributed by atoms with Gasteiger partial charge in [-0.2, -0.15) is 5.10 Å². The van der Waals surface area contributed by atoms with Crippen LogP contribution in [0.15, 0.2) is 42.1 Å². The van der Waals surface area contributed by atoms with Gasteiger partial charge in [0.15, 0.2) is 0 Å². The van der Waals surface area contributed by atoms with E-state index in [1.165, 1.54) is 37.8 Å². The van der Waals surface area contributed by atoms with E-state index in [0.717, 1.165) is 49.0 Å². The summed E-state index contributed by atoms with van der Waals surface area (Å²) in [6.07, 6.45) is 11.7. The molecule has 168 valence electrons.